The zero-order valence-corrected chi connectivity index (χ0v) is 11.9. The molecular formula is C14H12N4O5. The number of cyclic esters (lactones) is 1. The van der Waals surface area contributed by atoms with Crippen LogP contribution in [0.25, 0.3) is 0 Å². The molecule has 4 rings (SSSR count). The summed E-state index contributed by atoms with van der Waals surface area (Å²) in [6.07, 6.45) is -1.28. The van der Waals surface area contributed by atoms with Crippen molar-refractivity contribution in [2.75, 3.05) is 22.9 Å². The highest BCUT2D eigenvalue weighted by Crippen LogP contribution is 2.39. The minimum Gasteiger partial charge on any atom is -0.434 e. The molecule has 1 aromatic rings. The first-order valence-corrected chi connectivity index (χ1v) is 7.01. The molecule has 23 heavy (non-hydrogen) atoms. The van der Waals surface area contributed by atoms with E-state index >= 15 is 0 Å². The van der Waals surface area contributed by atoms with E-state index in [0.717, 1.165) is 5.69 Å². The van der Waals surface area contributed by atoms with Crippen LogP contribution in [-0.2, 0) is 14.3 Å². The molecule has 3 aliphatic heterocycles. The summed E-state index contributed by atoms with van der Waals surface area (Å²) >= 11 is 0. The summed E-state index contributed by atoms with van der Waals surface area (Å²) in [6, 6.07) is 5.37. The van der Waals surface area contributed by atoms with Crippen LogP contribution in [0.2, 0.25) is 0 Å². The summed E-state index contributed by atoms with van der Waals surface area (Å²) in [6.45, 7) is 0.551. The monoisotopic (exact) mass is 316 g/mol. The second-order valence-electron chi connectivity index (χ2n) is 5.33. The van der Waals surface area contributed by atoms with Crippen LogP contribution in [0.15, 0.2) is 23.2 Å². The number of hydrogen-bond acceptors (Lipinski definition) is 6. The molecule has 0 aromatic heterocycles. The predicted octanol–water partition coefficient (Wildman–Crippen LogP) is -0.0178. The normalized spacial score (nSPS) is 22.3. The molecule has 1 aromatic carbocycles. The Morgan fingerprint density at radius 2 is 2.13 bits per heavy atom. The van der Waals surface area contributed by atoms with E-state index in [1.54, 1.807) is 23.1 Å². The van der Waals surface area contributed by atoms with E-state index in [1.807, 2.05) is 0 Å². The zero-order chi connectivity index (χ0) is 16.1. The smallest absolute Gasteiger partial charge is 0.415 e. The molecule has 3 aliphatic rings. The number of amidine groups is 1. The van der Waals surface area contributed by atoms with Crippen molar-refractivity contribution >= 4 is 35.3 Å². The Labute approximate surface area is 130 Å². The lowest BCUT2D eigenvalue weighted by Crippen LogP contribution is -2.36. The van der Waals surface area contributed by atoms with Crippen LogP contribution in [0.5, 0.6) is 5.75 Å². The van der Waals surface area contributed by atoms with E-state index < -0.39 is 18.1 Å². The summed E-state index contributed by atoms with van der Waals surface area (Å²) in [5.41, 5.74) is 6.46. The van der Waals surface area contributed by atoms with Crippen molar-refractivity contribution in [2.24, 2.45) is 10.7 Å². The highest BCUT2D eigenvalue weighted by atomic mass is 16.6. The van der Waals surface area contributed by atoms with Gasteiger partial charge in [-0.1, -0.05) is 0 Å². The minimum absolute atomic E-state index is 0.0517. The number of benzene rings is 1. The lowest BCUT2D eigenvalue weighted by molar-refractivity contribution is -0.124. The van der Waals surface area contributed by atoms with Gasteiger partial charge in [-0.15, -0.1) is 0 Å². The first kappa shape index (κ1) is 13.6. The van der Waals surface area contributed by atoms with Gasteiger partial charge in [-0.25, -0.2) is 4.79 Å². The van der Waals surface area contributed by atoms with Crippen molar-refractivity contribution in [3.05, 3.63) is 18.2 Å². The third-order valence-corrected chi connectivity index (χ3v) is 3.88. The minimum atomic E-state index is -0.968. The van der Waals surface area contributed by atoms with Crippen molar-refractivity contribution in [2.45, 2.75) is 12.5 Å². The predicted molar refractivity (Wildman–Crippen MR) is 78.3 cm³/mol. The number of carbonyl (C=O) groups excluding carboxylic acids is 3. The summed E-state index contributed by atoms with van der Waals surface area (Å²) in [5.74, 6) is -0.425. The molecule has 0 saturated carbocycles. The number of anilines is 2. The molecule has 0 unspecified atom stereocenters. The second-order valence-corrected chi connectivity index (χ2v) is 5.33. The number of nitrogens with two attached hydrogens (primary N) is 1. The highest BCUT2D eigenvalue weighted by molar-refractivity contribution is 6.08. The van der Waals surface area contributed by atoms with E-state index in [1.165, 1.54) is 4.90 Å². The first-order chi connectivity index (χ1) is 11.0. The second kappa shape index (κ2) is 4.70. The van der Waals surface area contributed by atoms with Gasteiger partial charge in [0.1, 0.15) is 0 Å². The number of hydrogen-bond donors (Lipinski definition) is 1. The van der Waals surface area contributed by atoms with Gasteiger partial charge in [-0.05, 0) is 12.1 Å². The van der Waals surface area contributed by atoms with Gasteiger partial charge in [0.2, 0.25) is 0 Å². The fourth-order valence-corrected chi connectivity index (χ4v) is 2.72. The fraction of sp³-hybridized carbons (Fsp3) is 0.286. The van der Waals surface area contributed by atoms with Crippen LogP contribution in [0.1, 0.15) is 6.42 Å². The van der Waals surface area contributed by atoms with Crippen molar-refractivity contribution in [3.63, 3.8) is 0 Å². The Morgan fingerprint density at radius 1 is 1.30 bits per heavy atom. The maximum absolute atomic E-state index is 11.9. The van der Waals surface area contributed by atoms with Crippen LogP contribution in [-0.4, -0.2) is 43.1 Å². The summed E-state index contributed by atoms with van der Waals surface area (Å²) < 4.78 is 10.5. The van der Waals surface area contributed by atoms with Crippen LogP contribution in [0, 0.1) is 0 Å². The molecule has 2 N–H and O–H groups in total. The molecule has 9 nitrogen and oxygen atoms in total. The molecule has 0 spiro atoms. The Balaban J connectivity index is 1.64. The van der Waals surface area contributed by atoms with Crippen LogP contribution in [0.4, 0.5) is 16.2 Å². The van der Waals surface area contributed by atoms with Crippen molar-refractivity contribution in [1.82, 2.24) is 0 Å². The topological polar surface area (TPSA) is 115 Å². The van der Waals surface area contributed by atoms with E-state index in [-0.39, 0.29) is 18.5 Å². The van der Waals surface area contributed by atoms with Crippen LogP contribution >= 0.6 is 0 Å². The SMILES string of the molecule is NC(=O)[C@H]1CN(c2ccc3c(c2)OC2=NC(=O)CCN23)C(=O)O1. The molecule has 9 heteroatoms. The van der Waals surface area contributed by atoms with E-state index in [4.69, 9.17) is 15.2 Å². The van der Waals surface area contributed by atoms with Gasteiger partial charge in [0.15, 0.2) is 11.9 Å². The standard InChI is InChI=1S/C14H12N4O5/c15-12(20)10-6-18(14(21)23-10)7-1-2-8-9(5-7)22-13-16-11(19)3-4-17(8)13/h1-2,5,10H,3-4,6H2,(H2,15,20)/t10-/m1/s1. The molecule has 1 atom stereocenters. The molecular weight excluding hydrogens is 304 g/mol. The number of aliphatic imine (C=N–C) groups is 1. The van der Waals surface area contributed by atoms with Gasteiger partial charge >= 0.3 is 12.1 Å². The summed E-state index contributed by atoms with van der Waals surface area (Å²) in [5, 5.41) is 0. The number of ether oxygens (including phenoxy) is 2. The Hall–Kier alpha value is -3.10. The van der Waals surface area contributed by atoms with E-state index in [2.05, 4.69) is 4.99 Å². The number of nitrogens with zero attached hydrogens (tertiary/aromatic N) is 3. The molecule has 0 aliphatic carbocycles. The lowest BCUT2D eigenvalue weighted by atomic mass is 10.2. The molecule has 0 radical (unpaired) electrons. The number of carbonyl (C=O) groups is 3. The maximum atomic E-state index is 11.9. The van der Waals surface area contributed by atoms with Gasteiger partial charge < -0.3 is 15.2 Å². The van der Waals surface area contributed by atoms with Crippen molar-refractivity contribution in [1.29, 1.82) is 0 Å². The molecule has 3 amide bonds. The van der Waals surface area contributed by atoms with Gasteiger partial charge in [0.05, 0.1) is 17.9 Å². The first-order valence-electron chi connectivity index (χ1n) is 7.01. The molecule has 1 fully saturated rings. The Bertz CT molecular complexity index is 774. The average molecular weight is 316 g/mol. The number of primary amides is 1. The molecule has 0 bridgehead atoms. The Morgan fingerprint density at radius 3 is 2.87 bits per heavy atom. The lowest BCUT2D eigenvalue weighted by Gasteiger charge is -2.19. The van der Waals surface area contributed by atoms with Gasteiger partial charge in [-0.3, -0.25) is 19.4 Å². The third-order valence-electron chi connectivity index (χ3n) is 3.88. The van der Waals surface area contributed by atoms with Gasteiger partial charge in [0, 0.05) is 19.0 Å². The molecule has 118 valence electrons. The molecule has 3 heterocycles. The number of amides is 3. The van der Waals surface area contributed by atoms with Crippen LogP contribution < -0.4 is 20.3 Å². The fourth-order valence-electron chi connectivity index (χ4n) is 2.72. The van der Waals surface area contributed by atoms with Gasteiger partial charge in [0.25, 0.3) is 11.8 Å². The summed E-state index contributed by atoms with van der Waals surface area (Å²) in [7, 11) is 0. The zero-order valence-electron chi connectivity index (χ0n) is 11.9. The van der Waals surface area contributed by atoms with E-state index in [9.17, 15) is 14.4 Å². The maximum Gasteiger partial charge on any atom is 0.415 e. The largest absolute Gasteiger partial charge is 0.434 e. The third kappa shape index (κ3) is 2.08. The van der Waals surface area contributed by atoms with Gasteiger partial charge in [-0.2, -0.15) is 4.99 Å². The van der Waals surface area contributed by atoms with Crippen molar-refractivity contribution in [3.8, 4) is 5.75 Å². The Kier molecular flexibility index (Phi) is 2.77. The van der Waals surface area contributed by atoms with Crippen LogP contribution in [0.3, 0.4) is 0 Å². The number of rotatable bonds is 2. The highest BCUT2D eigenvalue weighted by Gasteiger charge is 2.37. The average Bonchev–Trinajstić information content (AvgIpc) is 3.06. The van der Waals surface area contributed by atoms with Crippen molar-refractivity contribution < 1.29 is 23.9 Å². The number of fused-ring (bicyclic) bond motifs is 3. The molecule has 1 saturated heterocycles. The quantitative estimate of drug-likeness (QED) is 0.820. The summed E-state index contributed by atoms with van der Waals surface area (Å²) in [4.78, 5) is 41.3. The van der Waals surface area contributed by atoms with E-state index in [0.29, 0.717) is 24.4 Å².